The number of hydrogen-bond acceptors (Lipinski definition) is 1. The first kappa shape index (κ1) is 12.2. The van der Waals surface area contributed by atoms with E-state index in [2.05, 4.69) is 35.2 Å². The van der Waals surface area contributed by atoms with Gasteiger partial charge < -0.3 is 0 Å². The normalized spacial score (nSPS) is 24.2. The van der Waals surface area contributed by atoms with Gasteiger partial charge in [-0.3, -0.25) is 4.90 Å². The van der Waals surface area contributed by atoms with Crippen LogP contribution in [0.3, 0.4) is 0 Å². The maximum atomic E-state index is 2.81. The fourth-order valence-corrected chi connectivity index (χ4v) is 3.98. The van der Waals surface area contributed by atoms with Crippen molar-refractivity contribution in [3.05, 3.63) is 35.9 Å². The fourth-order valence-electron chi connectivity index (χ4n) is 3.98. The van der Waals surface area contributed by atoms with E-state index in [1.807, 2.05) is 0 Å². The maximum Gasteiger partial charge on any atom is 0.0239 e. The number of hydrogen-bond donors (Lipinski definition) is 0. The summed E-state index contributed by atoms with van der Waals surface area (Å²) < 4.78 is 0. The summed E-state index contributed by atoms with van der Waals surface area (Å²) in [6, 6.07) is 11.0. The molecule has 1 spiro atoms. The smallest absolute Gasteiger partial charge is 0.0239 e. The average Bonchev–Trinajstić information content (AvgIpc) is 2.44. The molecule has 1 aromatic carbocycles. The molecule has 98 valence electrons. The first-order valence-electron chi connectivity index (χ1n) is 7.68. The van der Waals surface area contributed by atoms with Crippen LogP contribution in [0.2, 0.25) is 0 Å². The van der Waals surface area contributed by atoms with Gasteiger partial charge in [0.2, 0.25) is 0 Å². The molecule has 1 saturated heterocycles. The van der Waals surface area contributed by atoms with Gasteiger partial charge in [-0.05, 0) is 37.8 Å². The maximum absolute atomic E-state index is 2.81. The highest BCUT2D eigenvalue weighted by molar-refractivity contribution is 5.15. The SMILES string of the molecule is c1ccc(CN2CCCCC23CCCCC3)cc1. The minimum atomic E-state index is 0.562. The van der Waals surface area contributed by atoms with E-state index in [9.17, 15) is 0 Å². The second-order valence-corrected chi connectivity index (χ2v) is 6.15. The molecule has 1 aromatic rings. The molecule has 1 heterocycles. The molecule has 1 saturated carbocycles. The Hall–Kier alpha value is -0.820. The number of nitrogens with zero attached hydrogens (tertiary/aromatic N) is 1. The van der Waals surface area contributed by atoms with Crippen molar-refractivity contribution in [3.8, 4) is 0 Å². The van der Waals surface area contributed by atoms with Gasteiger partial charge in [-0.15, -0.1) is 0 Å². The van der Waals surface area contributed by atoms with E-state index < -0.39 is 0 Å². The van der Waals surface area contributed by atoms with Gasteiger partial charge in [0, 0.05) is 12.1 Å². The third kappa shape index (κ3) is 2.47. The molecule has 0 aromatic heterocycles. The minimum absolute atomic E-state index is 0.562. The molecule has 0 amide bonds. The predicted octanol–water partition coefficient (Wildman–Crippen LogP) is 4.38. The number of benzene rings is 1. The predicted molar refractivity (Wildman–Crippen MR) is 76.5 cm³/mol. The van der Waals surface area contributed by atoms with Gasteiger partial charge in [0.1, 0.15) is 0 Å². The first-order chi connectivity index (χ1) is 8.89. The van der Waals surface area contributed by atoms with Gasteiger partial charge in [-0.2, -0.15) is 0 Å². The second-order valence-electron chi connectivity index (χ2n) is 6.15. The molecular formula is C17H25N. The van der Waals surface area contributed by atoms with Crippen LogP contribution in [-0.4, -0.2) is 17.0 Å². The van der Waals surface area contributed by atoms with E-state index in [0.717, 1.165) is 0 Å². The molecule has 0 N–H and O–H groups in total. The molecule has 1 aliphatic carbocycles. The van der Waals surface area contributed by atoms with E-state index in [4.69, 9.17) is 0 Å². The molecule has 2 aliphatic rings. The summed E-state index contributed by atoms with van der Waals surface area (Å²) in [5.41, 5.74) is 2.05. The summed E-state index contributed by atoms with van der Waals surface area (Å²) in [5.74, 6) is 0. The standard InChI is InChI=1S/C17H25N/c1-3-9-16(10-4-1)15-18-14-8-7-13-17(18)11-5-2-6-12-17/h1,3-4,9-10H,2,5-8,11-15H2. The number of rotatable bonds is 2. The fraction of sp³-hybridized carbons (Fsp3) is 0.647. The van der Waals surface area contributed by atoms with E-state index in [-0.39, 0.29) is 0 Å². The molecule has 1 aliphatic heterocycles. The summed E-state index contributed by atoms with van der Waals surface area (Å²) in [6.45, 7) is 2.48. The van der Waals surface area contributed by atoms with Crippen LogP contribution >= 0.6 is 0 Å². The van der Waals surface area contributed by atoms with Crippen molar-refractivity contribution in [2.45, 2.75) is 63.5 Å². The van der Waals surface area contributed by atoms with Gasteiger partial charge in [0.15, 0.2) is 0 Å². The lowest BCUT2D eigenvalue weighted by atomic mass is 9.74. The molecule has 0 unspecified atom stereocenters. The van der Waals surface area contributed by atoms with E-state index >= 15 is 0 Å². The zero-order valence-electron chi connectivity index (χ0n) is 11.4. The van der Waals surface area contributed by atoms with Gasteiger partial charge >= 0.3 is 0 Å². The van der Waals surface area contributed by atoms with E-state index in [1.165, 1.54) is 70.0 Å². The van der Waals surface area contributed by atoms with E-state index in [1.54, 1.807) is 0 Å². The minimum Gasteiger partial charge on any atom is -0.293 e. The molecule has 0 atom stereocenters. The lowest BCUT2D eigenvalue weighted by Crippen LogP contribution is -2.52. The summed E-state index contributed by atoms with van der Waals surface area (Å²) in [6.07, 6.45) is 11.5. The summed E-state index contributed by atoms with van der Waals surface area (Å²) in [5, 5.41) is 0. The lowest BCUT2D eigenvalue weighted by molar-refractivity contribution is 0.00836. The Kier molecular flexibility index (Phi) is 3.69. The molecule has 0 bridgehead atoms. The largest absolute Gasteiger partial charge is 0.293 e. The third-order valence-electron chi connectivity index (χ3n) is 4.99. The quantitative estimate of drug-likeness (QED) is 0.745. The van der Waals surface area contributed by atoms with Gasteiger partial charge in [-0.1, -0.05) is 56.0 Å². The van der Waals surface area contributed by atoms with Crippen LogP contribution in [0, 0.1) is 0 Å². The third-order valence-corrected chi connectivity index (χ3v) is 4.99. The van der Waals surface area contributed by atoms with Crippen LogP contribution in [0.15, 0.2) is 30.3 Å². The van der Waals surface area contributed by atoms with Gasteiger partial charge in [0.25, 0.3) is 0 Å². The lowest BCUT2D eigenvalue weighted by Gasteiger charge is -2.50. The Bertz CT molecular complexity index is 356. The van der Waals surface area contributed by atoms with Gasteiger partial charge in [0.05, 0.1) is 0 Å². The Morgan fingerprint density at radius 2 is 1.50 bits per heavy atom. The summed E-state index contributed by atoms with van der Waals surface area (Å²) in [7, 11) is 0. The Balaban J connectivity index is 1.75. The highest BCUT2D eigenvalue weighted by Gasteiger charge is 2.39. The molecule has 2 fully saturated rings. The highest BCUT2D eigenvalue weighted by Crippen LogP contribution is 2.41. The van der Waals surface area contributed by atoms with Crippen LogP contribution in [0.5, 0.6) is 0 Å². The second kappa shape index (κ2) is 5.44. The summed E-state index contributed by atoms with van der Waals surface area (Å²) in [4.78, 5) is 2.81. The van der Waals surface area contributed by atoms with Crippen molar-refractivity contribution >= 4 is 0 Å². The van der Waals surface area contributed by atoms with E-state index in [0.29, 0.717) is 5.54 Å². The molecule has 1 heteroatoms. The van der Waals surface area contributed by atoms with Crippen molar-refractivity contribution < 1.29 is 0 Å². The Morgan fingerprint density at radius 1 is 0.833 bits per heavy atom. The number of likely N-dealkylation sites (tertiary alicyclic amines) is 1. The molecule has 18 heavy (non-hydrogen) atoms. The monoisotopic (exact) mass is 243 g/mol. The van der Waals surface area contributed by atoms with Crippen LogP contribution in [0.25, 0.3) is 0 Å². The van der Waals surface area contributed by atoms with Crippen molar-refractivity contribution in [1.29, 1.82) is 0 Å². The Morgan fingerprint density at radius 3 is 2.22 bits per heavy atom. The van der Waals surface area contributed by atoms with Crippen molar-refractivity contribution in [1.82, 2.24) is 4.90 Å². The highest BCUT2D eigenvalue weighted by atomic mass is 15.2. The molecule has 3 rings (SSSR count). The van der Waals surface area contributed by atoms with Crippen molar-refractivity contribution in [2.24, 2.45) is 0 Å². The van der Waals surface area contributed by atoms with Crippen molar-refractivity contribution in [3.63, 3.8) is 0 Å². The van der Waals surface area contributed by atoms with Gasteiger partial charge in [-0.25, -0.2) is 0 Å². The molecule has 0 radical (unpaired) electrons. The zero-order chi connectivity index (χ0) is 12.3. The Labute approximate surface area is 111 Å². The number of piperidine rings is 1. The van der Waals surface area contributed by atoms with Crippen LogP contribution in [-0.2, 0) is 6.54 Å². The zero-order valence-corrected chi connectivity index (χ0v) is 11.4. The van der Waals surface area contributed by atoms with Crippen molar-refractivity contribution in [2.75, 3.05) is 6.54 Å². The first-order valence-corrected chi connectivity index (χ1v) is 7.68. The van der Waals surface area contributed by atoms with Crippen LogP contribution in [0.1, 0.15) is 56.9 Å². The summed E-state index contributed by atoms with van der Waals surface area (Å²) >= 11 is 0. The molecule has 1 nitrogen and oxygen atoms in total. The van der Waals surface area contributed by atoms with Crippen LogP contribution < -0.4 is 0 Å². The molecular weight excluding hydrogens is 218 g/mol. The van der Waals surface area contributed by atoms with Crippen LogP contribution in [0.4, 0.5) is 0 Å². The topological polar surface area (TPSA) is 3.24 Å². The average molecular weight is 243 g/mol.